The summed E-state index contributed by atoms with van der Waals surface area (Å²) in [6, 6.07) is 7.51. The molecule has 0 bridgehead atoms. The second-order valence-corrected chi connectivity index (χ2v) is 9.26. The molecule has 0 radical (unpaired) electrons. The first-order valence-electron chi connectivity index (χ1n) is 8.34. The minimum absolute atomic E-state index is 0.00380. The fraction of sp³-hybridized carbons (Fsp3) is 0.588. The zero-order valence-electron chi connectivity index (χ0n) is 14.2. The predicted molar refractivity (Wildman–Crippen MR) is 99.0 cm³/mol. The first-order valence-corrected chi connectivity index (χ1v) is 10.7. The maximum Gasteiger partial charge on any atom is 0.223 e. The fourth-order valence-electron chi connectivity index (χ4n) is 2.79. The summed E-state index contributed by atoms with van der Waals surface area (Å²) < 4.78 is 27.5. The van der Waals surface area contributed by atoms with Crippen LogP contribution in [0.2, 0.25) is 0 Å². The summed E-state index contributed by atoms with van der Waals surface area (Å²) in [7, 11) is -3.35. The van der Waals surface area contributed by atoms with Gasteiger partial charge in [-0.1, -0.05) is 35.0 Å². The van der Waals surface area contributed by atoms with Crippen LogP contribution in [-0.4, -0.2) is 37.8 Å². The van der Waals surface area contributed by atoms with E-state index in [1.165, 1.54) is 4.31 Å². The standard InChI is InChI=1S/C17H25BrN2O3S/c1-3-13(2)19-17(21)15-7-9-20(10-8-15)24(22,23)12-14-5-4-6-16(18)11-14/h4-6,11,13,15H,3,7-10,12H2,1-2H3,(H,19,21). The summed E-state index contributed by atoms with van der Waals surface area (Å²) in [6.45, 7) is 4.83. The zero-order valence-corrected chi connectivity index (χ0v) is 16.6. The first kappa shape index (κ1) is 19.4. The lowest BCUT2D eigenvalue weighted by Gasteiger charge is -2.31. The minimum Gasteiger partial charge on any atom is -0.353 e. The van der Waals surface area contributed by atoms with Crippen molar-refractivity contribution in [3.8, 4) is 0 Å². The lowest BCUT2D eigenvalue weighted by atomic mass is 9.97. The molecule has 0 aromatic heterocycles. The van der Waals surface area contributed by atoms with E-state index >= 15 is 0 Å². The lowest BCUT2D eigenvalue weighted by molar-refractivity contribution is -0.126. The Labute approximate surface area is 153 Å². The number of nitrogens with one attached hydrogen (secondary N) is 1. The van der Waals surface area contributed by atoms with Gasteiger partial charge in [-0.3, -0.25) is 4.79 Å². The summed E-state index contributed by atoms with van der Waals surface area (Å²) in [5.41, 5.74) is 0.765. The van der Waals surface area contributed by atoms with Crippen LogP contribution < -0.4 is 5.32 Å². The molecule has 1 saturated heterocycles. The molecule has 1 amide bonds. The maximum absolute atomic E-state index is 12.6. The Morgan fingerprint density at radius 1 is 1.38 bits per heavy atom. The average Bonchev–Trinajstić information content (AvgIpc) is 2.54. The van der Waals surface area contributed by atoms with Gasteiger partial charge in [0.15, 0.2) is 0 Å². The number of halogens is 1. The van der Waals surface area contributed by atoms with E-state index in [1.54, 1.807) is 0 Å². The van der Waals surface area contributed by atoms with Crippen molar-refractivity contribution in [2.24, 2.45) is 5.92 Å². The number of nitrogens with zero attached hydrogens (tertiary/aromatic N) is 1. The Bertz CT molecular complexity index is 670. The highest BCUT2D eigenvalue weighted by Crippen LogP contribution is 2.23. The number of rotatable bonds is 6. The highest BCUT2D eigenvalue weighted by Gasteiger charge is 2.31. The Hall–Kier alpha value is -0.920. The van der Waals surface area contributed by atoms with Gasteiger partial charge in [-0.15, -0.1) is 0 Å². The van der Waals surface area contributed by atoms with Gasteiger partial charge in [0.1, 0.15) is 0 Å². The van der Waals surface area contributed by atoms with Crippen molar-refractivity contribution in [3.63, 3.8) is 0 Å². The number of carbonyl (C=O) groups is 1. The smallest absolute Gasteiger partial charge is 0.223 e. The number of carbonyl (C=O) groups excluding carboxylic acids is 1. The molecule has 0 spiro atoms. The van der Waals surface area contributed by atoms with E-state index < -0.39 is 10.0 Å². The molecule has 1 unspecified atom stereocenters. The topological polar surface area (TPSA) is 66.5 Å². The Morgan fingerprint density at radius 3 is 2.62 bits per heavy atom. The first-order chi connectivity index (χ1) is 11.3. The molecule has 1 atom stereocenters. The molecule has 1 aliphatic rings. The minimum atomic E-state index is -3.35. The Balaban J connectivity index is 1.92. The van der Waals surface area contributed by atoms with Crippen molar-refractivity contribution in [1.82, 2.24) is 9.62 Å². The molecule has 0 saturated carbocycles. The number of piperidine rings is 1. The lowest BCUT2D eigenvalue weighted by Crippen LogP contribution is -2.44. The molecule has 1 fully saturated rings. The molecule has 1 aliphatic heterocycles. The third kappa shape index (κ3) is 5.29. The van der Waals surface area contributed by atoms with E-state index in [0.29, 0.717) is 25.9 Å². The highest BCUT2D eigenvalue weighted by atomic mass is 79.9. The van der Waals surface area contributed by atoms with Gasteiger partial charge >= 0.3 is 0 Å². The van der Waals surface area contributed by atoms with Crippen LogP contribution in [0.15, 0.2) is 28.7 Å². The van der Waals surface area contributed by atoms with Gasteiger partial charge in [0.2, 0.25) is 15.9 Å². The predicted octanol–water partition coefficient (Wildman–Crippen LogP) is 2.91. The monoisotopic (exact) mass is 416 g/mol. The molecule has 1 heterocycles. The number of benzene rings is 1. The van der Waals surface area contributed by atoms with E-state index in [9.17, 15) is 13.2 Å². The SMILES string of the molecule is CCC(C)NC(=O)C1CCN(S(=O)(=O)Cc2cccc(Br)c2)CC1. The van der Waals surface area contributed by atoms with E-state index in [0.717, 1.165) is 16.5 Å². The normalized spacial score (nSPS) is 18.3. The average molecular weight is 417 g/mol. The number of hydrogen-bond acceptors (Lipinski definition) is 3. The van der Waals surface area contributed by atoms with Gasteiger partial charge in [-0.05, 0) is 43.9 Å². The van der Waals surface area contributed by atoms with E-state index in [2.05, 4.69) is 21.2 Å². The number of sulfonamides is 1. The van der Waals surface area contributed by atoms with Crippen molar-refractivity contribution >= 4 is 31.9 Å². The summed E-state index contributed by atoms with van der Waals surface area (Å²) in [4.78, 5) is 12.2. The van der Waals surface area contributed by atoms with Crippen LogP contribution in [0.5, 0.6) is 0 Å². The maximum atomic E-state index is 12.6. The third-order valence-electron chi connectivity index (χ3n) is 4.46. The highest BCUT2D eigenvalue weighted by molar-refractivity contribution is 9.10. The summed E-state index contributed by atoms with van der Waals surface area (Å²) in [5.74, 6) is -0.0411. The van der Waals surface area contributed by atoms with E-state index in [4.69, 9.17) is 0 Å². The molecule has 5 nitrogen and oxygen atoms in total. The molecule has 134 valence electrons. The number of hydrogen-bond donors (Lipinski definition) is 1. The van der Waals surface area contributed by atoms with Gasteiger partial charge in [0.25, 0.3) is 0 Å². The van der Waals surface area contributed by atoms with Crippen molar-refractivity contribution in [1.29, 1.82) is 0 Å². The van der Waals surface area contributed by atoms with Crippen LogP contribution in [0.3, 0.4) is 0 Å². The van der Waals surface area contributed by atoms with Gasteiger partial charge in [-0.2, -0.15) is 0 Å². The third-order valence-corrected chi connectivity index (χ3v) is 6.80. The van der Waals surface area contributed by atoms with E-state index in [1.807, 2.05) is 38.1 Å². The van der Waals surface area contributed by atoms with Crippen molar-refractivity contribution in [3.05, 3.63) is 34.3 Å². The van der Waals surface area contributed by atoms with Crippen LogP contribution >= 0.6 is 15.9 Å². The second kappa shape index (κ2) is 8.45. The zero-order chi connectivity index (χ0) is 17.7. The van der Waals surface area contributed by atoms with E-state index in [-0.39, 0.29) is 23.6 Å². The van der Waals surface area contributed by atoms with Crippen LogP contribution in [0.1, 0.15) is 38.7 Å². The second-order valence-electron chi connectivity index (χ2n) is 6.38. The number of amides is 1. The quantitative estimate of drug-likeness (QED) is 0.774. The molecule has 7 heteroatoms. The van der Waals surface area contributed by atoms with Crippen molar-refractivity contribution < 1.29 is 13.2 Å². The van der Waals surface area contributed by atoms with Crippen molar-refractivity contribution in [2.75, 3.05) is 13.1 Å². The van der Waals surface area contributed by atoms with Gasteiger partial charge in [0.05, 0.1) is 5.75 Å². The summed E-state index contributed by atoms with van der Waals surface area (Å²) in [5, 5.41) is 2.99. The molecule has 0 aliphatic carbocycles. The van der Waals surface area contributed by atoms with Crippen molar-refractivity contribution in [2.45, 2.75) is 44.9 Å². The summed E-state index contributed by atoms with van der Waals surface area (Å²) in [6.07, 6.45) is 2.06. The molecule has 2 rings (SSSR count). The molecule has 1 aromatic rings. The van der Waals surface area contributed by atoms with Gasteiger partial charge < -0.3 is 5.32 Å². The Kier molecular flexibility index (Phi) is 6.83. The molecule has 1 N–H and O–H groups in total. The van der Waals surface area contributed by atoms with Crippen LogP contribution in [0.4, 0.5) is 0 Å². The molecule has 24 heavy (non-hydrogen) atoms. The van der Waals surface area contributed by atoms with Crippen LogP contribution in [0, 0.1) is 5.92 Å². The summed E-state index contributed by atoms with van der Waals surface area (Å²) >= 11 is 3.36. The van der Waals surface area contributed by atoms with Crippen LogP contribution in [-0.2, 0) is 20.6 Å². The van der Waals surface area contributed by atoms with Crippen LogP contribution in [0.25, 0.3) is 0 Å². The molecular weight excluding hydrogens is 392 g/mol. The van der Waals surface area contributed by atoms with Gasteiger partial charge in [0, 0.05) is 29.5 Å². The Morgan fingerprint density at radius 2 is 2.04 bits per heavy atom. The molecular formula is C17H25BrN2O3S. The fourth-order valence-corrected chi connectivity index (χ4v) is 4.78. The molecule has 1 aromatic carbocycles. The largest absolute Gasteiger partial charge is 0.353 e. The van der Waals surface area contributed by atoms with Gasteiger partial charge in [-0.25, -0.2) is 12.7 Å².